The molecule has 1 aromatic heterocycles. The molecule has 1 N–H and O–H groups in total. The van der Waals surface area contributed by atoms with E-state index in [1.54, 1.807) is 0 Å². The molecule has 0 fully saturated rings. The topological polar surface area (TPSA) is 24.9 Å². The SMILES string of the molecule is Cc1ccc(Br)c(NCCc2ccncc2)c1. The molecule has 2 aromatic rings. The number of nitrogens with zero attached hydrogens (tertiary/aromatic N) is 1. The first-order chi connectivity index (χ1) is 8.25. The molecule has 0 unspecified atom stereocenters. The first kappa shape index (κ1) is 12.1. The molecule has 0 saturated carbocycles. The van der Waals surface area contributed by atoms with E-state index < -0.39 is 0 Å². The highest BCUT2D eigenvalue weighted by Gasteiger charge is 1.99. The van der Waals surface area contributed by atoms with Crippen molar-refractivity contribution in [1.82, 2.24) is 4.98 Å². The maximum absolute atomic E-state index is 4.01. The van der Waals surface area contributed by atoms with E-state index in [4.69, 9.17) is 0 Å². The molecule has 2 nitrogen and oxygen atoms in total. The summed E-state index contributed by atoms with van der Waals surface area (Å²) in [5.41, 5.74) is 3.72. The lowest BCUT2D eigenvalue weighted by Gasteiger charge is -2.09. The van der Waals surface area contributed by atoms with Gasteiger partial charge in [-0.1, -0.05) is 6.07 Å². The quantitative estimate of drug-likeness (QED) is 0.926. The molecule has 0 aliphatic rings. The zero-order valence-corrected chi connectivity index (χ0v) is 11.4. The average molecular weight is 291 g/mol. The van der Waals surface area contributed by atoms with Crippen molar-refractivity contribution in [2.75, 3.05) is 11.9 Å². The first-order valence-corrected chi connectivity index (χ1v) is 6.44. The number of halogens is 1. The van der Waals surface area contributed by atoms with Crippen LogP contribution in [-0.4, -0.2) is 11.5 Å². The second kappa shape index (κ2) is 5.82. The van der Waals surface area contributed by atoms with Gasteiger partial charge in [-0.05, 0) is 64.7 Å². The fourth-order valence-electron chi connectivity index (χ4n) is 1.67. The minimum atomic E-state index is 0.923. The Balaban J connectivity index is 1.92. The molecule has 0 bridgehead atoms. The van der Waals surface area contributed by atoms with E-state index in [9.17, 15) is 0 Å². The Bertz CT molecular complexity index is 483. The summed E-state index contributed by atoms with van der Waals surface area (Å²) in [4.78, 5) is 4.01. The third kappa shape index (κ3) is 3.56. The van der Waals surface area contributed by atoms with Crippen molar-refractivity contribution in [3.63, 3.8) is 0 Å². The highest BCUT2D eigenvalue weighted by molar-refractivity contribution is 9.10. The standard InChI is InChI=1S/C14H15BrN2/c1-11-2-3-13(15)14(10-11)17-9-6-12-4-7-16-8-5-12/h2-5,7-8,10,17H,6,9H2,1H3. The zero-order valence-electron chi connectivity index (χ0n) is 9.78. The molecule has 88 valence electrons. The van der Waals surface area contributed by atoms with Gasteiger partial charge in [0, 0.05) is 29.1 Å². The van der Waals surface area contributed by atoms with Gasteiger partial charge < -0.3 is 5.32 Å². The number of rotatable bonds is 4. The highest BCUT2D eigenvalue weighted by Crippen LogP contribution is 2.23. The number of nitrogens with one attached hydrogen (secondary N) is 1. The van der Waals surface area contributed by atoms with Crippen LogP contribution in [0.5, 0.6) is 0 Å². The van der Waals surface area contributed by atoms with Gasteiger partial charge in [-0.3, -0.25) is 4.98 Å². The number of aryl methyl sites for hydroxylation is 1. The molecule has 0 amide bonds. The van der Waals surface area contributed by atoms with Crippen LogP contribution in [0, 0.1) is 6.92 Å². The molecule has 1 aromatic carbocycles. The Hall–Kier alpha value is -1.35. The summed E-state index contributed by atoms with van der Waals surface area (Å²) < 4.78 is 1.11. The molecule has 0 atom stereocenters. The van der Waals surface area contributed by atoms with Crippen LogP contribution in [0.4, 0.5) is 5.69 Å². The summed E-state index contributed by atoms with van der Waals surface area (Å²) in [5.74, 6) is 0. The van der Waals surface area contributed by atoms with Crippen LogP contribution in [0.1, 0.15) is 11.1 Å². The number of hydrogen-bond donors (Lipinski definition) is 1. The van der Waals surface area contributed by atoms with Crippen LogP contribution in [0.15, 0.2) is 47.2 Å². The highest BCUT2D eigenvalue weighted by atomic mass is 79.9. The van der Waals surface area contributed by atoms with E-state index in [1.807, 2.05) is 24.5 Å². The summed E-state index contributed by atoms with van der Waals surface area (Å²) in [5, 5.41) is 3.43. The van der Waals surface area contributed by atoms with Crippen LogP contribution in [-0.2, 0) is 6.42 Å². The maximum atomic E-state index is 4.01. The third-order valence-electron chi connectivity index (χ3n) is 2.60. The van der Waals surface area contributed by atoms with Gasteiger partial charge in [-0.15, -0.1) is 0 Å². The van der Waals surface area contributed by atoms with Gasteiger partial charge in [0.25, 0.3) is 0 Å². The van der Waals surface area contributed by atoms with Crippen molar-refractivity contribution in [1.29, 1.82) is 0 Å². The fraction of sp³-hybridized carbons (Fsp3) is 0.214. The number of benzene rings is 1. The normalized spacial score (nSPS) is 10.2. The second-order valence-corrected chi connectivity index (χ2v) is 4.87. The van der Waals surface area contributed by atoms with Crippen LogP contribution in [0.3, 0.4) is 0 Å². The fourth-order valence-corrected chi connectivity index (χ4v) is 2.05. The minimum Gasteiger partial charge on any atom is -0.384 e. The Morgan fingerprint density at radius 3 is 2.71 bits per heavy atom. The Morgan fingerprint density at radius 2 is 1.94 bits per heavy atom. The lowest BCUT2D eigenvalue weighted by Crippen LogP contribution is -2.05. The van der Waals surface area contributed by atoms with Crippen LogP contribution in [0.2, 0.25) is 0 Å². The van der Waals surface area contributed by atoms with Gasteiger partial charge in [-0.2, -0.15) is 0 Å². The molecule has 0 radical (unpaired) electrons. The Kier molecular flexibility index (Phi) is 4.15. The van der Waals surface area contributed by atoms with Crippen molar-refractivity contribution in [3.05, 3.63) is 58.3 Å². The molecule has 0 spiro atoms. The van der Waals surface area contributed by atoms with Crippen molar-refractivity contribution >= 4 is 21.6 Å². The van der Waals surface area contributed by atoms with Crippen molar-refractivity contribution < 1.29 is 0 Å². The lowest BCUT2D eigenvalue weighted by molar-refractivity contribution is 1.01. The van der Waals surface area contributed by atoms with Crippen molar-refractivity contribution in [2.24, 2.45) is 0 Å². The molecule has 0 saturated heterocycles. The number of pyridine rings is 1. The summed E-state index contributed by atoms with van der Waals surface area (Å²) in [6.45, 7) is 3.02. The van der Waals surface area contributed by atoms with Gasteiger partial charge >= 0.3 is 0 Å². The maximum Gasteiger partial charge on any atom is 0.0487 e. The first-order valence-electron chi connectivity index (χ1n) is 5.64. The van der Waals surface area contributed by atoms with Crippen LogP contribution >= 0.6 is 15.9 Å². The van der Waals surface area contributed by atoms with Gasteiger partial charge in [0.1, 0.15) is 0 Å². The Morgan fingerprint density at radius 1 is 1.18 bits per heavy atom. The molecule has 2 rings (SSSR count). The molecule has 3 heteroatoms. The number of anilines is 1. The summed E-state index contributed by atoms with van der Waals surface area (Å²) in [6.07, 6.45) is 4.67. The van der Waals surface area contributed by atoms with E-state index in [1.165, 1.54) is 11.1 Å². The predicted molar refractivity (Wildman–Crippen MR) is 75.3 cm³/mol. The van der Waals surface area contributed by atoms with Gasteiger partial charge in [0.05, 0.1) is 0 Å². The van der Waals surface area contributed by atoms with Gasteiger partial charge in [-0.25, -0.2) is 0 Å². The molecular formula is C14H15BrN2. The van der Waals surface area contributed by atoms with Crippen LogP contribution in [0.25, 0.3) is 0 Å². The van der Waals surface area contributed by atoms with E-state index in [-0.39, 0.29) is 0 Å². The van der Waals surface area contributed by atoms with E-state index >= 15 is 0 Å². The minimum absolute atomic E-state index is 0.923. The molecule has 1 heterocycles. The largest absolute Gasteiger partial charge is 0.384 e. The summed E-state index contributed by atoms with van der Waals surface area (Å²) in [6, 6.07) is 10.4. The van der Waals surface area contributed by atoms with Crippen molar-refractivity contribution in [3.8, 4) is 0 Å². The van der Waals surface area contributed by atoms with E-state index in [0.717, 1.165) is 23.1 Å². The molecule has 17 heavy (non-hydrogen) atoms. The number of aromatic nitrogens is 1. The number of hydrogen-bond acceptors (Lipinski definition) is 2. The lowest BCUT2D eigenvalue weighted by atomic mass is 10.2. The summed E-state index contributed by atoms with van der Waals surface area (Å²) >= 11 is 3.54. The average Bonchev–Trinajstić information content (AvgIpc) is 2.35. The molecule has 0 aliphatic carbocycles. The molecule has 0 aliphatic heterocycles. The smallest absolute Gasteiger partial charge is 0.0487 e. The predicted octanol–water partition coefficient (Wildman–Crippen LogP) is 3.81. The van der Waals surface area contributed by atoms with E-state index in [2.05, 4.69) is 51.4 Å². The van der Waals surface area contributed by atoms with Gasteiger partial charge in [0.15, 0.2) is 0 Å². The second-order valence-electron chi connectivity index (χ2n) is 4.02. The van der Waals surface area contributed by atoms with Gasteiger partial charge in [0.2, 0.25) is 0 Å². The van der Waals surface area contributed by atoms with Crippen LogP contribution < -0.4 is 5.32 Å². The van der Waals surface area contributed by atoms with E-state index in [0.29, 0.717) is 0 Å². The van der Waals surface area contributed by atoms with Crippen molar-refractivity contribution in [2.45, 2.75) is 13.3 Å². The molecular weight excluding hydrogens is 276 g/mol. The summed E-state index contributed by atoms with van der Waals surface area (Å²) in [7, 11) is 0. The monoisotopic (exact) mass is 290 g/mol. The Labute approximate surface area is 110 Å². The third-order valence-corrected chi connectivity index (χ3v) is 3.29. The zero-order chi connectivity index (χ0) is 12.1.